The number of aliphatic hydroxyl groups is 1. The van der Waals surface area contributed by atoms with E-state index in [1.54, 1.807) is 0 Å². The molecule has 2 aliphatic carbocycles. The Balaban J connectivity index is 2.24. The first-order valence-corrected chi connectivity index (χ1v) is 3.95. The van der Waals surface area contributed by atoms with E-state index < -0.39 is 5.60 Å². The lowest BCUT2D eigenvalue weighted by Crippen LogP contribution is -2.32. The van der Waals surface area contributed by atoms with E-state index in [4.69, 9.17) is 6.42 Å². The van der Waals surface area contributed by atoms with Crippen molar-refractivity contribution in [3.05, 3.63) is 0 Å². The van der Waals surface area contributed by atoms with Crippen molar-refractivity contribution in [1.29, 1.82) is 0 Å². The highest BCUT2D eigenvalue weighted by molar-refractivity contribution is 5.17. The van der Waals surface area contributed by atoms with E-state index in [0.29, 0.717) is 5.92 Å². The van der Waals surface area contributed by atoms with Gasteiger partial charge < -0.3 is 5.11 Å². The molecule has 0 saturated heterocycles. The molecule has 3 atom stereocenters. The molecule has 2 saturated carbocycles. The molecule has 1 N–H and O–H groups in total. The predicted octanol–water partition coefficient (Wildman–Crippen LogP) is 1.17. The van der Waals surface area contributed by atoms with Gasteiger partial charge in [0, 0.05) is 0 Å². The minimum absolute atomic E-state index is 0.419. The molecule has 0 aromatic rings. The third kappa shape index (κ3) is 0.630. The van der Waals surface area contributed by atoms with Gasteiger partial charge in [-0.15, -0.1) is 6.42 Å². The number of terminal acetylenes is 1. The van der Waals surface area contributed by atoms with Crippen LogP contribution in [0.3, 0.4) is 0 Å². The Hall–Kier alpha value is -0.480. The summed E-state index contributed by atoms with van der Waals surface area (Å²) in [6, 6.07) is 0. The average molecular weight is 136 g/mol. The zero-order valence-corrected chi connectivity index (χ0v) is 6.01. The van der Waals surface area contributed by atoms with E-state index in [-0.39, 0.29) is 0 Å². The Labute approximate surface area is 61.4 Å². The maximum Gasteiger partial charge on any atom is 0.128 e. The van der Waals surface area contributed by atoms with E-state index in [0.717, 1.165) is 18.8 Å². The second kappa shape index (κ2) is 1.77. The normalized spacial score (nSPS) is 51.2. The third-order valence-electron chi connectivity index (χ3n) is 3.07. The van der Waals surface area contributed by atoms with Gasteiger partial charge in [-0.2, -0.15) is 0 Å². The molecular formula is C9H12O. The highest BCUT2D eigenvalue weighted by Gasteiger charge is 2.48. The standard InChI is InChI=1S/C9H12O/c1-2-9(10)6-7-3-4-8(9)5-7/h1,7-8,10H,3-6H2/t7-,8+,9?/m1/s1. The van der Waals surface area contributed by atoms with Crippen LogP contribution in [0.1, 0.15) is 25.7 Å². The number of fused-ring (bicyclic) bond motifs is 2. The molecule has 1 nitrogen and oxygen atoms in total. The molecule has 0 heterocycles. The van der Waals surface area contributed by atoms with Crippen LogP contribution in [0.15, 0.2) is 0 Å². The summed E-state index contributed by atoms with van der Waals surface area (Å²) in [4.78, 5) is 0. The Bertz CT molecular complexity index is 191. The zero-order chi connectivity index (χ0) is 7.19. The largest absolute Gasteiger partial charge is 0.377 e. The monoisotopic (exact) mass is 136 g/mol. The molecule has 0 aromatic carbocycles. The first-order chi connectivity index (χ1) is 4.74. The fourth-order valence-electron chi connectivity index (χ4n) is 2.48. The topological polar surface area (TPSA) is 20.2 Å². The van der Waals surface area contributed by atoms with Gasteiger partial charge in [0.25, 0.3) is 0 Å². The van der Waals surface area contributed by atoms with Crippen LogP contribution in [0.5, 0.6) is 0 Å². The lowest BCUT2D eigenvalue weighted by molar-refractivity contribution is 0.0439. The van der Waals surface area contributed by atoms with E-state index in [9.17, 15) is 5.11 Å². The highest BCUT2D eigenvalue weighted by Crippen LogP contribution is 2.50. The van der Waals surface area contributed by atoms with Crippen LogP contribution in [0.4, 0.5) is 0 Å². The van der Waals surface area contributed by atoms with Crippen molar-refractivity contribution in [3.8, 4) is 12.3 Å². The minimum atomic E-state index is -0.719. The fourth-order valence-corrected chi connectivity index (χ4v) is 2.48. The molecule has 1 heteroatoms. The van der Waals surface area contributed by atoms with Gasteiger partial charge in [-0.1, -0.05) is 5.92 Å². The number of hydrogen-bond donors (Lipinski definition) is 1. The number of hydrogen-bond acceptors (Lipinski definition) is 1. The van der Waals surface area contributed by atoms with Crippen LogP contribution in [0.2, 0.25) is 0 Å². The van der Waals surface area contributed by atoms with Crippen molar-refractivity contribution in [3.63, 3.8) is 0 Å². The molecule has 2 bridgehead atoms. The molecule has 10 heavy (non-hydrogen) atoms. The molecule has 1 unspecified atom stereocenters. The molecule has 0 radical (unpaired) electrons. The van der Waals surface area contributed by atoms with Crippen LogP contribution in [0.25, 0.3) is 0 Å². The smallest absolute Gasteiger partial charge is 0.128 e. The van der Waals surface area contributed by atoms with Crippen molar-refractivity contribution in [2.24, 2.45) is 11.8 Å². The van der Waals surface area contributed by atoms with Gasteiger partial charge in [0.15, 0.2) is 0 Å². The van der Waals surface area contributed by atoms with Crippen LogP contribution >= 0.6 is 0 Å². The number of rotatable bonds is 0. The summed E-state index contributed by atoms with van der Waals surface area (Å²) in [5.74, 6) is 3.67. The summed E-state index contributed by atoms with van der Waals surface area (Å²) in [5, 5.41) is 9.75. The average Bonchev–Trinajstić information content (AvgIpc) is 2.46. The van der Waals surface area contributed by atoms with Gasteiger partial charge in [0.1, 0.15) is 5.60 Å². The molecule has 54 valence electrons. The van der Waals surface area contributed by atoms with Crippen molar-refractivity contribution in [1.82, 2.24) is 0 Å². The van der Waals surface area contributed by atoms with Gasteiger partial charge in [0.2, 0.25) is 0 Å². The maximum absolute atomic E-state index is 9.75. The Morgan fingerprint density at radius 3 is 2.60 bits per heavy atom. The van der Waals surface area contributed by atoms with Crippen LogP contribution in [-0.2, 0) is 0 Å². The summed E-state index contributed by atoms with van der Waals surface area (Å²) >= 11 is 0. The lowest BCUT2D eigenvalue weighted by atomic mass is 9.85. The molecule has 2 fully saturated rings. The molecule has 2 rings (SSSR count). The van der Waals surface area contributed by atoms with Gasteiger partial charge in [0.05, 0.1) is 0 Å². The van der Waals surface area contributed by atoms with Crippen molar-refractivity contribution in [2.45, 2.75) is 31.3 Å². The molecule has 0 aliphatic heterocycles. The Morgan fingerprint density at radius 2 is 2.30 bits per heavy atom. The lowest BCUT2D eigenvalue weighted by Gasteiger charge is -2.26. The summed E-state index contributed by atoms with van der Waals surface area (Å²) in [7, 11) is 0. The predicted molar refractivity (Wildman–Crippen MR) is 39.2 cm³/mol. The Kier molecular flexibility index (Phi) is 1.10. The SMILES string of the molecule is C#CC1(O)C[C@@H]2CC[C@H]1C2. The summed E-state index contributed by atoms with van der Waals surface area (Å²) in [6.07, 6.45) is 9.71. The highest BCUT2D eigenvalue weighted by atomic mass is 16.3. The second-order valence-corrected chi connectivity index (χ2v) is 3.65. The van der Waals surface area contributed by atoms with E-state index in [1.807, 2.05) is 0 Å². The molecule has 0 aromatic heterocycles. The van der Waals surface area contributed by atoms with Crippen molar-refractivity contribution < 1.29 is 5.11 Å². The molecule has 0 spiro atoms. The first kappa shape index (κ1) is 6.24. The summed E-state index contributed by atoms with van der Waals surface area (Å²) < 4.78 is 0. The summed E-state index contributed by atoms with van der Waals surface area (Å²) in [6.45, 7) is 0. The quantitative estimate of drug-likeness (QED) is 0.496. The second-order valence-electron chi connectivity index (χ2n) is 3.65. The zero-order valence-electron chi connectivity index (χ0n) is 6.01. The Morgan fingerprint density at radius 1 is 1.50 bits per heavy atom. The van der Waals surface area contributed by atoms with E-state index in [1.165, 1.54) is 12.8 Å². The van der Waals surface area contributed by atoms with Crippen molar-refractivity contribution in [2.75, 3.05) is 0 Å². The van der Waals surface area contributed by atoms with Crippen LogP contribution in [0, 0.1) is 24.2 Å². The maximum atomic E-state index is 9.75. The van der Waals surface area contributed by atoms with Gasteiger partial charge in [-0.3, -0.25) is 0 Å². The fraction of sp³-hybridized carbons (Fsp3) is 0.778. The van der Waals surface area contributed by atoms with Crippen LogP contribution < -0.4 is 0 Å². The van der Waals surface area contributed by atoms with Crippen molar-refractivity contribution >= 4 is 0 Å². The molecule has 2 aliphatic rings. The first-order valence-electron chi connectivity index (χ1n) is 3.95. The molecular weight excluding hydrogens is 124 g/mol. The molecule has 0 amide bonds. The van der Waals surface area contributed by atoms with Gasteiger partial charge >= 0.3 is 0 Å². The van der Waals surface area contributed by atoms with E-state index >= 15 is 0 Å². The summed E-state index contributed by atoms with van der Waals surface area (Å²) in [5.41, 5.74) is -0.719. The third-order valence-corrected chi connectivity index (χ3v) is 3.07. The van der Waals surface area contributed by atoms with E-state index in [2.05, 4.69) is 5.92 Å². The minimum Gasteiger partial charge on any atom is -0.377 e. The van der Waals surface area contributed by atoms with Gasteiger partial charge in [-0.05, 0) is 37.5 Å². The van der Waals surface area contributed by atoms with Crippen LogP contribution in [-0.4, -0.2) is 10.7 Å². The van der Waals surface area contributed by atoms with Gasteiger partial charge in [-0.25, -0.2) is 0 Å².